The van der Waals surface area contributed by atoms with Crippen LogP contribution < -0.4 is 16.0 Å². The highest BCUT2D eigenvalue weighted by Gasteiger charge is 2.50. The zero-order valence-corrected chi connectivity index (χ0v) is 28.7. The zero-order valence-electron chi connectivity index (χ0n) is 26.1. The third-order valence-corrected chi connectivity index (χ3v) is 12.4. The van der Waals surface area contributed by atoms with Crippen molar-refractivity contribution < 1.29 is 71.5 Å². The number of anilines is 1. The summed E-state index contributed by atoms with van der Waals surface area (Å²) >= 11 is 1.46. The zero-order chi connectivity index (χ0) is 36.0. The number of nitrogens with two attached hydrogens (primary N) is 2. The molecule has 1 saturated carbocycles. The number of pyridine rings is 2. The summed E-state index contributed by atoms with van der Waals surface area (Å²) in [6.45, 7) is -1.77. The van der Waals surface area contributed by atoms with E-state index >= 15 is 0 Å². The summed E-state index contributed by atoms with van der Waals surface area (Å²) < 4.78 is 53.4. The highest BCUT2D eigenvalue weighted by atomic mass is 32.2. The van der Waals surface area contributed by atoms with Gasteiger partial charge in [-0.15, -0.1) is 0 Å². The number of carbonyl (C=O) groups excluding carboxylic acids is 1. The lowest BCUT2D eigenvalue weighted by Crippen LogP contribution is -2.46. The van der Waals surface area contributed by atoms with Crippen LogP contribution in [0, 0.1) is 0 Å². The minimum absolute atomic E-state index is 0.0745. The molecule has 0 aromatic carbocycles. The molecule has 3 aromatic rings. The summed E-state index contributed by atoms with van der Waals surface area (Å²) in [5.41, 5.74) is 12.5. The molecule has 5 unspecified atom stereocenters. The Morgan fingerprint density at radius 3 is 2.30 bits per heavy atom. The summed E-state index contributed by atoms with van der Waals surface area (Å²) in [5.74, 6) is -0.760. The maximum atomic E-state index is 12.7. The van der Waals surface area contributed by atoms with E-state index in [1.54, 1.807) is 6.07 Å². The van der Waals surface area contributed by atoms with Gasteiger partial charge in [-0.3, -0.25) is 18.4 Å². The van der Waals surface area contributed by atoms with E-state index in [0.29, 0.717) is 16.4 Å². The average Bonchev–Trinajstić information content (AvgIpc) is 3.83. The van der Waals surface area contributed by atoms with Gasteiger partial charge in [0.25, 0.3) is 12.1 Å². The van der Waals surface area contributed by atoms with Crippen molar-refractivity contribution in [2.24, 2.45) is 5.73 Å². The molecular weight excluding hydrogens is 726 g/mol. The highest BCUT2D eigenvalue weighted by Crippen LogP contribution is 2.61. The first kappa shape index (κ1) is 37.2. The van der Waals surface area contributed by atoms with Crippen LogP contribution in [-0.4, -0.2) is 106 Å². The van der Waals surface area contributed by atoms with Gasteiger partial charge < -0.3 is 51.2 Å². The molecule has 3 fully saturated rings. The standard InChI is InChI=1S/C27H36N6O14P2S/c28-15-7-8-30-24-18(15)31-27(50-14-5-1-2-6-14)33(24)26-22(37)20(35)17(46-26)12-44-49(41,42)47-48(39,40)43-11-16-19(34)21(36)25(45-16)32-9-3-4-13(10-32)23(29)38/h3-4,7-10,14,16-17,19-22,25-26,34-37H,1-2,5-6,11-12H2,(H5-,28,29,30,38,39,40,41,42)/p+1/t16-,17-,19?,20+,21?,22?,25-,26-/m1/s1. The smallest absolute Gasteiger partial charge is 0.397 e. The molecule has 3 aromatic heterocycles. The van der Waals surface area contributed by atoms with E-state index in [0.717, 1.165) is 25.7 Å². The minimum atomic E-state index is -5.40. The molecule has 2 aliphatic heterocycles. The van der Waals surface area contributed by atoms with Crippen molar-refractivity contribution in [3.8, 4) is 0 Å². The molecule has 10 N–H and O–H groups in total. The number of carbonyl (C=O) groups is 1. The molecular formula is C27H37N6O14P2S+. The van der Waals surface area contributed by atoms with Crippen LogP contribution in [0.4, 0.5) is 5.69 Å². The Bertz CT molecular complexity index is 1820. The molecule has 1 amide bonds. The molecule has 50 heavy (non-hydrogen) atoms. The van der Waals surface area contributed by atoms with E-state index in [1.807, 2.05) is 0 Å². The van der Waals surface area contributed by atoms with Crippen LogP contribution in [0.25, 0.3) is 11.2 Å². The molecule has 6 rings (SSSR count). The van der Waals surface area contributed by atoms with E-state index < -0.39 is 83.8 Å². The lowest BCUT2D eigenvalue weighted by molar-refractivity contribution is -0.765. The van der Waals surface area contributed by atoms with Crippen LogP contribution in [-0.2, 0) is 32.0 Å². The largest absolute Gasteiger partial charge is 0.481 e. The van der Waals surface area contributed by atoms with Crippen molar-refractivity contribution in [3.63, 3.8) is 0 Å². The van der Waals surface area contributed by atoms with Crippen molar-refractivity contribution in [2.45, 2.75) is 85.2 Å². The fourth-order valence-electron chi connectivity index (χ4n) is 5.96. The first-order valence-electron chi connectivity index (χ1n) is 15.4. The van der Waals surface area contributed by atoms with Crippen LogP contribution in [0.2, 0.25) is 0 Å². The van der Waals surface area contributed by atoms with Gasteiger partial charge in [0.15, 0.2) is 35.5 Å². The van der Waals surface area contributed by atoms with Gasteiger partial charge in [0.1, 0.15) is 41.6 Å². The van der Waals surface area contributed by atoms with Gasteiger partial charge in [0.2, 0.25) is 0 Å². The number of rotatable bonds is 13. The molecule has 20 nitrogen and oxygen atoms in total. The normalized spacial score (nSPS) is 31.2. The Morgan fingerprint density at radius 2 is 1.64 bits per heavy atom. The van der Waals surface area contributed by atoms with Crippen molar-refractivity contribution in [1.29, 1.82) is 0 Å². The number of aliphatic hydroxyl groups excluding tert-OH is 4. The quantitative estimate of drug-likeness (QED) is 0.0813. The van der Waals surface area contributed by atoms with Gasteiger partial charge in [-0.05, 0) is 25.0 Å². The first-order valence-corrected chi connectivity index (χ1v) is 19.3. The van der Waals surface area contributed by atoms with Crippen molar-refractivity contribution in [2.75, 3.05) is 18.9 Å². The van der Waals surface area contributed by atoms with E-state index in [4.69, 9.17) is 30.0 Å². The Morgan fingerprint density at radius 1 is 1.00 bits per heavy atom. The third kappa shape index (κ3) is 7.91. The lowest BCUT2D eigenvalue weighted by Gasteiger charge is -2.21. The van der Waals surface area contributed by atoms with Gasteiger partial charge in [-0.2, -0.15) is 8.88 Å². The van der Waals surface area contributed by atoms with E-state index in [9.17, 15) is 44.1 Å². The first-order chi connectivity index (χ1) is 23.6. The number of phosphoric ester groups is 2. The molecule has 0 bridgehead atoms. The predicted molar refractivity (Wildman–Crippen MR) is 170 cm³/mol. The minimum Gasteiger partial charge on any atom is -0.397 e. The lowest BCUT2D eigenvalue weighted by atomic mass is 10.1. The number of thioether (sulfide) groups is 1. The molecule has 274 valence electrons. The van der Waals surface area contributed by atoms with E-state index in [2.05, 4.69) is 14.3 Å². The van der Waals surface area contributed by atoms with Gasteiger partial charge in [-0.25, -0.2) is 19.1 Å². The number of aliphatic hydroxyl groups is 4. The maximum Gasteiger partial charge on any atom is 0.481 e. The van der Waals surface area contributed by atoms with Gasteiger partial charge in [0, 0.05) is 17.5 Å². The summed E-state index contributed by atoms with van der Waals surface area (Å²) in [5, 5.41) is 43.4. The van der Waals surface area contributed by atoms with E-state index in [1.165, 1.54) is 51.6 Å². The third-order valence-electron chi connectivity index (χ3n) is 8.49. The molecule has 1 aliphatic carbocycles. The number of hydrogen-bond donors (Lipinski definition) is 8. The number of ether oxygens (including phenoxy) is 2. The van der Waals surface area contributed by atoms with Gasteiger partial charge in [0.05, 0.1) is 18.9 Å². The fourth-order valence-corrected chi connectivity index (χ4v) is 9.37. The summed E-state index contributed by atoms with van der Waals surface area (Å²) in [7, 11) is -10.8. The number of nitrogens with zero attached hydrogens (tertiary/aromatic N) is 4. The molecule has 0 radical (unpaired) electrons. The monoisotopic (exact) mass is 763 g/mol. The van der Waals surface area contributed by atoms with E-state index in [-0.39, 0.29) is 16.5 Å². The molecule has 10 atom stereocenters. The molecule has 3 aliphatic rings. The maximum absolute atomic E-state index is 12.7. The number of hydrogen-bond acceptors (Lipinski definition) is 16. The van der Waals surface area contributed by atoms with Crippen LogP contribution in [0.3, 0.4) is 0 Å². The van der Waals surface area contributed by atoms with Crippen LogP contribution in [0.1, 0.15) is 48.5 Å². The second-order valence-electron chi connectivity index (χ2n) is 12.0. The van der Waals surface area contributed by atoms with Crippen molar-refractivity contribution >= 4 is 50.2 Å². The Kier molecular flexibility index (Phi) is 11.0. The highest BCUT2D eigenvalue weighted by molar-refractivity contribution is 7.99. The molecule has 23 heteroatoms. The summed E-state index contributed by atoms with van der Waals surface area (Å²) in [4.78, 5) is 40.9. The number of fused-ring (bicyclic) bond motifs is 1. The predicted octanol–water partition coefficient (Wildman–Crippen LogP) is -0.376. The van der Waals surface area contributed by atoms with Crippen molar-refractivity contribution in [1.82, 2.24) is 14.5 Å². The summed E-state index contributed by atoms with van der Waals surface area (Å²) in [6.07, 6.45) is -3.67. The number of aromatic nitrogens is 4. The van der Waals surface area contributed by atoms with Crippen LogP contribution >= 0.6 is 27.4 Å². The Balaban J connectivity index is 1.07. The number of phosphoric acid groups is 2. The number of imidazole rings is 1. The number of nitrogen functional groups attached to an aromatic ring is 1. The average molecular weight is 764 g/mol. The second-order valence-corrected chi connectivity index (χ2v) is 16.3. The number of amides is 1. The summed E-state index contributed by atoms with van der Waals surface area (Å²) in [6, 6.07) is 4.42. The molecule has 5 heterocycles. The fraction of sp³-hybridized carbons (Fsp3) is 0.556. The van der Waals surface area contributed by atoms with Crippen LogP contribution in [0.15, 0.2) is 41.9 Å². The Hall–Kier alpha value is -2.59. The topological polar surface area (TPSA) is 305 Å². The second kappa shape index (κ2) is 14.8. The SMILES string of the molecule is NC(=O)c1ccc[n+]([C@@H]2O[C@H](COP(=O)(O)OP(=O)(O)OC[C@H]3O[C@@H](n4c(SC5CCCC5)nc5c(N)ccnc54)C(O)[C@H]3O)C(O)C2O)c1. The van der Waals surface area contributed by atoms with Crippen molar-refractivity contribution in [3.05, 3.63) is 42.4 Å². The molecule has 0 spiro atoms. The molecule has 2 saturated heterocycles. The van der Waals surface area contributed by atoms with Gasteiger partial charge in [-0.1, -0.05) is 24.6 Å². The number of primary amides is 1. The van der Waals surface area contributed by atoms with Crippen LogP contribution in [0.5, 0.6) is 0 Å². The van der Waals surface area contributed by atoms with Gasteiger partial charge >= 0.3 is 15.6 Å². The Labute approximate surface area is 288 Å².